The predicted molar refractivity (Wildman–Crippen MR) is 44.0 cm³/mol. The average molecular weight is 205 g/mol. The van der Waals surface area contributed by atoms with Crippen LogP contribution in [0.25, 0.3) is 0 Å². The number of rotatable bonds is 2. The molecule has 1 aromatic rings. The molecule has 14 heavy (non-hydrogen) atoms. The van der Waals surface area contributed by atoms with Crippen LogP contribution in [-0.4, -0.2) is 17.7 Å². The van der Waals surface area contributed by atoms with E-state index in [0.29, 0.717) is 5.69 Å². The summed E-state index contributed by atoms with van der Waals surface area (Å²) in [5.41, 5.74) is -0.599. The van der Waals surface area contributed by atoms with Gasteiger partial charge in [0.2, 0.25) is 0 Å². The fraction of sp³-hybridized carbons (Fsp3) is 0.286. The van der Waals surface area contributed by atoms with Crippen LogP contribution in [0.3, 0.4) is 0 Å². The zero-order valence-electron chi connectivity index (χ0n) is 7.30. The third-order valence-corrected chi connectivity index (χ3v) is 1.59. The van der Waals surface area contributed by atoms with Crippen molar-refractivity contribution in [2.75, 3.05) is 0 Å². The third-order valence-electron chi connectivity index (χ3n) is 1.59. The Morgan fingerprint density at radius 3 is 2.64 bits per heavy atom. The zero-order valence-corrected chi connectivity index (χ0v) is 7.30. The lowest BCUT2D eigenvalue weighted by molar-refractivity contribution is -0.137. The quantitative estimate of drug-likeness (QED) is 0.733. The Kier molecular flexibility index (Phi) is 3.00. The summed E-state index contributed by atoms with van der Waals surface area (Å²) in [6.45, 7) is 1.49. The fourth-order valence-electron chi connectivity index (χ4n) is 0.884. The van der Waals surface area contributed by atoms with Gasteiger partial charge in [0.05, 0.1) is 11.3 Å². The van der Waals surface area contributed by atoms with Crippen molar-refractivity contribution in [1.82, 2.24) is 4.98 Å². The van der Waals surface area contributed by atoms with Crippen molar-refractivity contribution >= 4 is 7.69 Å². The lowest BCUT2D eigenvalue weighted by atomic mass is 10.2. The van der Waals surface area contributed by atoms with E-state index in [1.54, 1.807) is 0 Å². The summed E-state index contributed by atoms with van der Waals surface area (Å²) < 4.78 is 41.1. The first-order valence-electron chi connectivity index (χ1n) is 3.72. The maximum atomic E-state index is 12.2. The van der Waals surface area contributed by atoms with Gasteiger partial charge in [-0.3, -0.25) is 4.98 Å². The van der Waals surface area contributed by atoms with Crippen molar-refractivity contribution in [2.24, 2.45) is 0 Å². The lowest BCUT2D eigenvalue weighted by Gasteiger charge is -2.10. The van der Waals surface area contributed by atoms with Gasteiger partial charge in [0.1, 0.15) is 5.75 Å². The average Bonchev–Trinajstić information content (AvgIpc) is 2.07. The topological polar surface area (TPSA) is 42.4 Å². The van der Waals surface area contributed by atoms with Gasteiger partial charge in [-0.25, -0.2) is 0 Å². The van der Waals surface area contributed by atoms with E-state index in [-0.39, 0.29) is 5.75 Å². The second-order valence-corrected chi connectivity index (χ2v) is 2.58. The molecular weight excluding hydrogens is 198 g/mol. The van der Waals surface area contributed by atoms with Gasteiger partial charge in [-0.1, -0.05) is 0 Å². The van der Waals surface area contributed by atoms with Gasteiger partial charge in [-0.05, 0) is 13.0 Å². The van der Waals surface area contributed by atoms with Gasteiger partial charge in [0.25, 0.3) is 0 Å². The Morgan fingerprint density at radius 2 is 2.14 bits per heavy atom. The minimum atomic E-state index is -4.45. The Labute approximate surface area is 78.8 Å². The van der Waals surface area contributed by atoms with Gasteiger partial charge in [0.15, 0.2) is 0 Å². The Balaban J connectivity index is 3.06. The number of hydrogen-bond acceptors (Lipinski definition) is 3. The van der Waals surface area contributed by atoms with E-state index in [0.717, 1.165) is 12.3 Å². The van der Waals surface area contributed by atoms with E-state index in [2.05, 4.69) is 9.64 Å². The summed E-state index contributed by atoms with van der Waals surface area (Å²) >= 11 is 0. The molecule has 3 nitrogen and oxygen atoms in total. The van der Waals surface area contributed by atoms with E-state index in [4.69, 9.17) is 5.02 Å². The maximum absolute atomic E-state index is 12.2. The molecule has 0 spiro atoms. The minimum absolute atomic E-state index is 0.0673. The number of alkyl halides is 3. The van der Waals surface area contributed by atoms with Crippen molar-refractivity contribution in [1.29, 1.82) is 0 Å². The van der Waals surface area contributed by atoms with Crippen LogP contribution >= 0.6 is 0 Å². The molecule has 7 heteroatoms. The number of aryl methyl sites for hydroxylation is 1. The molecule has 0 amide bonds. The summed E-state index contributed by atoms with van der Waals surface area (Å²) in [6.07, 6.45) is -3.73. The van der Waals surface area contributed by atoms with Gasteiger partial charge >= 0.3 is 13.9 Å². The third kappa shape index (κ3) is 2.38. The van der Waals surface area contributed by atoms with Gasteiger partial charge in [0, 0.05) is 6.20 Å². The SMILES string of the molecule is Cc1ncc(C(F)(F)F)cc1OBO. The molecule has 0 atom stereocenters. The maximum Gasteiger partial charge on any atom is 0.504 e. The highest BCUT2D eigenvalue weighted by Gasteiger charge is 2.31. The molecule has 0 aliphatic carbocycles. The van der Waals surface area contributed by atoms with Crippen LogP contribution in [-0.2, 0) is 6.18 Å². The molecule has 0 aromatic carbocycles. The monoisotopic (exact) mass is 205 g/mol. The first-order valence-corrected chi connectivity index (χ1v) is 3.72. The van der Waals surface area contributed by atoms with Crippen LogP contribution < -0.4 is 4.65 Å². The van der Waals surface area contributed by atoms with Crippen LogP contribution in [0, 0.1) is 6.92 Å². The van der Waals surface area contributed by atoms with Crippen LogP contribution in [0.2, 0.25) is 0 Å². The van der Waals surface area contributed by atoms with Crippen molar-refractivity contribution in [2.45, 2.75) is 13.1 Å². The van der Waals surface area contributed by atoms with Crippen molar-refractivity contribution in [3.63, 3.8) is 0 Å². The van der Waals surface area contributed by atoms with Gasteiger partial charge in [-0.2, -0.15) is 13.2 Å². The van der Waals surface area contributed by atoms with Crippen LogP contribution in [0.5, 0.6) is 5.75 Å². The second-order valence-electron chi connectivity index (χ2n) is 2.58. The Hall–Kier alpha value is -1.24. The molecule has 1 rings (SSSR count). The summed E-state index contributed by atoms with van der Waals surface area (Å²) in [6, 6.07) is 0.804. The highest BCUT2D eigenvalue weighted by atomic mass is 19.4. The molecule has 0 unspecified atom stereocenters. The molecule has 0 aliphatic rings. The van der Waals surface area contributed by atoms with E-state index in [1.807, 2.05) is 0 Å². The molecule has 0 radical (unpaired) electrons. The van der Waals surface area contributed by atoms with Crippen molar-refractivity contribution < 1.29 is 22.8 Å². The van der Waals surface area contributed by atoms with E-state index in [9.17, 15) is 13.2 Å². The molecule has 0 saturated carbocycles. The number of aromatic nitrogens is 1. The standard InChI is InChI=1S/C7H7BF3NO2/c1-4-6(14-8-13)2-5(3-12-4)7(9,10)11/h2-3,8,13H,1H3. The lowest BCUT2D eigenvalue weighted by Crippen LogP contribution is -2.08. The molecule has 76 valence electrons. The number of hydrogen-bond donors (Lipinski definition) is 1. The largest absolute Gasteiger partial charge is 0.537 e. The first-order chi connectivity index (χ1) is 6.45. The normalized spacial score (nSPS) is 11.2. The highest BCUT2D eigenvalue weighted by molar-refractivity contribution is 6.17. The smallest absolute Gasteiger partial charge is 0.504 e. The van der Waals surface area contributed by atoms with Gasteiger partial charge < -0.3 is 9.68 Å². The highest BCUT2D eigenvalue weighted by Crippen LogP contribution is 2.31. The minimum Gasteiger partial charge on any atom is -0.537 e. The molecule has 0 fully saturated rings. The summed E-state index contributed by atoms with van der Waals surface area (Å²) in [5, 5.41) is 8.41. The van der Waals surface area contributed by atoms with Crippen molar-refractivity contribution in [3.05, 3.63) is 23.5 Å². The van der Waals surface area contributed by atoms with Gasteiger partial charge in [-0.15, -0.1) is 0 Å². The van der Waals surface area contributed by atoms with Crippen molar-refractivity contribution in [3.8, 4) is 5.75 Å². The van der Waals surface area contributed by atoms with E-state index in [1.165, 1.54) is 6.92 Å². The molecule has 0 bridgehead atoms. The predicted octanol–water partition coefficient (Wildman–Crippen LogP) is 1.05. The molecule has 0 saturated heterocycles. The second kappa shape index (κ2) is 3.87. The summed E-state index contributed by atoms with van der Waals surface area (Å²) in [7, 11) is -0.677. The first kappa shape index (κ1) is 10.8. The Bertz CT molecular complexity index is 329. The molecule has 1 aromatic heterocycles. The zero-order chi connectivity index (χ0) is 10.8. The molecular formula is C7H7BF3NO2. The number of halogens is 3. The molecule has 1 heterocycles. The molecule has 1 N–H and O–H groups in total. The number of nitrogens with zero attached hydrogens (tertiary/aromatic N) is 1. The summed E-state index contributed by atoms with van der Waals surface area (Å²) in [4.78, 5) is 3.51. The van der Waals surface area contributed by atoms with E-state index >= 15 is 0 Å². The number of pyridine rings is 1. The fourth-order valence-corrected chi connectivity index (χ4v) is 0.884. The van der Waals surface area contributed by atoms with Crippen LogP contribution in [0.4, 0.5) is 13.2 Å². The van der Waals surface area contributed by atoms with Crippen LogP contribution in [0.15, 0.2) is 12.3 Å². The Morgan fingerprint density at radius 1 is 1.50 bits per heavy atom. The van der Waals surface area contributed by atoms with Crippen LogP contribution in [0.1, 0.15) is 11.3 Å². The molecule has 0 aliphatic heterocycles. The van der Waals surface area contributed by atoms with E-state index < -0.39 is 19.4 Å². The summed E-state index contributed by atoms with van der Waals surface area (Å²) in [5.74, 6) is -0.0673.